The Bertz CT molecular complexity index is 2610. The lowest BCUT2D eigenvalue weighted by Crippen LogP contribution is -2.46. The number of nitrogen functional groups attached to an aromatic ring is 1. The maximum absolute atomic E-state index is 13.0. The number of H-pyrrole nitrogens is 1. The molecule has 0 saturated heterocycles. The quantitative estimate of drug-likeness (QED) is 0.0341. The summed E-state index contributed by atoms with van der Waals surface area (Å²) in [5.41, 5.74) is 6.77. The molecular formula is C46H60N10O21. The minimum Gasteiger partial charge on any atom is -0.481 e. The Kier molecular flexibility index (Phi) is 24.4. The number of aromatic nitrogens is 2. The normalized spacial score (nSPS) is 14.9. The Balaban J connectivity index is 1.42. The first-order valence-electron chi connectivity index (χ1n) is 23.8. The summed E-state index contributed by atoms with van der Waals surface area (Å²) in [5, 5.41) is 81.9. The molecule has 0 saturated carbocycles. The van der Waals surface area contributed by atoms with Gasteiger partial charge >= 0.3 is 41.8 Å². The number of carboxylic acids is 7. The van der Waals surface area contributed by atoms with Gasteiger partial charge in [0.1, 0.15) is 42.1 Å². The molecule has 1 unspecified atom stereocenters. The number of fused-ring (bicyclic) bond motifs is 1. The van der Waals surface area contributed by atoms with E-state index in [1.165, 1.54) is 12.1 Å². The Morgan fingerprint density at radius 1 is 0.519 bits per heavy atom. The van der Waals surface area contributed by atoms with Gasteiger partial charge in [-0.2, -0.15) is 4.98 Å². The summed E-state index contributed by atoms with van der Waals surface area (Å²) in [5.74, 6) is -16.2. The van der Waals surface area contributed by atoms with Crippen LogP contribution < -0.4 is 48.5 Å². The number of nitrogens with two attached hydrogens (primary N) is 1. The number of benzene rings is 1. The van der Waals surface area contributed by atoms with Crippen LogP contribution in [0.25, 0.3) is 0 Å². The van der Waals surface area contributed by atoms with Crippen LogP contribution in [0.3, 0.4) is 0 Å². The van der Waals surface area contributed by atoms with E-state index in [1.54, 1.807) is 12.1 Å². The second kappa shape index (κ2) is 30.2. The van der Waals surface area contributed by atoms with E-state index in [0.717, 1.165) is 5.56 Å². The molecule has 3 rings (SSSR count). The summed E-state index contributed by atoms with van der Waals surface area (Å²) >= 11 is 0. The third kappa shape index (κ3) is 22.1. The van der Waals surface area contributed by atoms with Crippen molar-refractivity contribution in [1.82, 2.24) is 41.9 Å². The minimum absolute atomic E-state index is 0.00995. The van der Waals surface area contributed by atoms with Crippen LogP contribution in [0.15, 0.2) is 29.1 Å². The lowest BCUT2D eigenvalue weighted by molar-refractivity contribution is -0.144. The number of carbonyl (C=O) groups excluding carboxylic acids is 6. The molecule has 7 atom stereocenters. The molecule has 1 aliphatic rings. The van der Waals surface area contributed by atoms with Gasteiger partial charge in [0.15, 0.2) is 0 Å². The topological polar surface area (TPSA) is 520 Å². The van der Waals surface area contributed by atoms with E-state index in [2.05, 4.69) is 41.9 Å². The van der Waals surface area contributed by atoms with Crippen LogP contribution in [0.4, 0.5) is 11.8 Å². The van der Waals surface area contributed by atoms with E-state index in [4.69, 9.17) is 10.8 Å². The van der Waals surface area contributed by atoms with Gasteiger partial charge in [-0.05, 0) is 81.4 Å². The zero-order valence-electron chi connectivity index (χ0n) is 41.0. The molecular weight excluding hydrogens is 1030 g/mol. The van der Waals surface area contributed by atoms with Crippen LogP contribution in [0, 0.1) is 5.92 Å². The van der Waals surface area contributed by atoms with Crippen LogP contribution in [0.1, 0.15) is 105 Å². The molecule has 31 nitrogen and oxygen atoms in total. The van der Waals surface area contributed by atoms with Crippen molar-refractivity contribution in [1.29, 1.82) is 0 Å². The molecule has 2 aromatic rings. The fourth-order valence-electron chi connectivity index (χ4n) is 7.61. The molecule has 17 N–H and O–H groups in total. The van der Waals surface area contributed by atoms with E-state index >= 15 is 0 Å². The number of anilines is 2. The van der Waals surface area contributed by atoms with Gasteiger partial charge in [-0.1, -0.05) is 12.1 Å². The maximum atomic E-state index is 13.0. The fourth-order valence-corrected chi connectivity index (χ4v) is 7.61. The van der Waals surface area contributed by atoms with Gasteiger partial charge in [0.05, 0.1) is 5.56 Å². The van der Waals surface area contributed by atoms with Crippen LogP contribution >= 0.6 is 0 Å². The molecule has 6 amide bonds. The summed E-state index contributed by atoms with van der Waals surface area (Å²) < 4.78 is 0. The van der Waals surface area contributed by atoms with E-state index in [1.807, 2.05) is 5.32 Å². The molecule has 1 aliphatic heterocycles. The predicted octanol–water partition coefficient (Wildman–Crippen LogP) is -2.64. The summed E-state index contributed by atoms with van der Waals surface area (Å²) in [7, 11) is 0. The SMILES string of the molecule is Nc1nc2c(c(=O)[nH]1)CC(CCc1ccc(C(=O)N[C@H](CCC(=O)N[C@H](CCC(=O)N[C@H](CCC(=O)N[C@H](CCC(=O)N[C@H](CCC(=O)N[C@H](CCC(=O)O)C(=O)O)C(=O)O)C(=O)O)C(=O)O)C(=O)O)C(=O)O)cc1)CN2. The first kappa shape index (κ1) is 62.1. The summed E-state index contributed by atoms with van der Waals surface area (Å²) in [6, 6.07) is -3.82. The van der Waals surface area contributed by atoms with Gasteiger partial charge in [-0.15, -0.1) is 0 Å². The second-order valence-corrected chi connectivity index (χ2v) is 17.7. The monoisotopic (exact) mass is 1090 g/mol. The molecule has 0 fully saturated rings. The Morgan fingerprint density at radius 2 is 0.857 bits per heavy atom. The van der Waals surface area contributed by atoms with Crippen LogP contribution in [-0.2, 0) is 70.4 Å². The first-order chi connectivity index (χ1) is 36.2. The second-order valence-electron chi connectivity index (χ2n) is 17.7. The zero-order valence-corrected chi connectivity index (χ0v) is 41.0. The highest BCUT2D eigenvalue weighted by Crippen LogP contribution is 2.24. The van der Waals surface area contributed by atoms with Crippen molar-refractivity contribution >= 4 is 89.0 Å². The minimum atomic E-state index is -1.77. The van der Waals surface area contributed by atoms with Crippen molar-refractivity contribution in [2.24, 2.45) is 5.92 Å². The lowest BCUT2D eigenvalue weighted by Gasteiger charge is -2.24. The fraction of sp³-hybridized carbons (Fsp3) is 0.500. The average molecular weight is 1090 g/mol. The summed E-state index contributed by atoms with van der Waals surface area (Å²) in [6.07, 6.45) is -5.44. The van der Waals surface area contributed by atoms with Gasteiger partial charge in [0.25, 0.3) is 11.5 Å². The number of carbonyl (C=O) groups is 13. The van der Waals surface area contributed by atoms with Crippen molar-refractivity contribution in [3.8, 4) is 0 Å². The number of carboxylic acid groups (broad SMARTS) is 7. The summed E-state index contributed by atoms with van der Waals surface area (Å²) in [4.78, 5) is 176. The highest BCUT2D eigenvalue weighted by Gasteiger charge is 2.30. The highest BCUT2D eigenvalue weighted by molar-refractivity contribution is 5.97. The molecule has 420 valence electrons. The number of nitrogens with zero attached hydrogens (tertiary/aromatic N) is 1. The molecule has 31 heteroatoms. The van der Waals surface area contributed by atoms with Gasteiger partial charge in [-0.25, -0.2) is 28.8 Å². The standard InChI is InChI=1S/C46H60N10O21/c47-46-55-37-24(39(65)56-46)19-22(20-48-37)2-1-21-3-5-23(6-4-21)38(64)54-30(45(76)77)11-17-35(61)52-28(43(72)73)9-15-33(59)50-26(41(68)69)7-13-31(57)49-25(40(66)67)8-14-32(58)51-27(42(70)71)10-16-34(60)53-29(44(74)75)12-18-36(62)63/h3-6,22,25-30H,1-2,7-20H2,(H,49,57)(H,50,59)(H,51,58)(H,52,61)(H,53,60)(H,54,64)(H,62,63)(H,66,67)(H,68,69)(H,70,71)(H,72,73)(H,74,75)(H,76,77)(H4,47,48,55,56,65)/t22?,25-,26-,27-,28-,29-,30-/m1/s1. The Labute approximate surface area is 435 Å². The number of rotatable bonds is 34. The summed E-state index contributed by atoms with van der Waals surface area (Å²) in [6.45, 7) is 0.567. The molecule has 77 heavy (non-hydrogen) atoms. The molecule has 1 aromatic heterocycles. The van der Waals surface area contributed by atoms with Gasteiger partial charge < -0.3 is 78.7 Å². The third-order valence-corrected chi connectivity index (χ3v) is 11.9. The van der Waals surface area contributed by atoms with Crippen LogP contribution in [-0.4, -0.2) is 166 Å². The van der Waals surface area contributed by atoms with Crippen molar-refractivity contribution in [2.75, 3.05) is 17.6 Å². The van der Waals surface area contributed by atoms with Crippen LogP contribution in [0.2, 0.25) is 0 Å². The van der Waals surface area contributed by atoms with Crippen molar-refractivity contribution < 1.29 is 98.1 Å². The number of hydrogen-bond acceptors (Lipinski definition) is 17. The smallest absolute Gasteiger partial charge is 0.326 e. The van der Waals surface area contributed by atoms with Crippen molar-refractivity contribution in [2.45, 2.75) is 133 Å². The zero-order chi connectivity index (χ0) is 57.5. The van der Waals surface area contributed by atoms with Gasteiger partial charge in [0.2, 0.25) is 35.5 Å². The predicted molar refractivity (Wildman–Crippen MR) is 259 cm³/mol. The number of aryl methyl sites for hydroxylation is 1. The third-order valence-electron chi connectivity index (χ3n) is 11.9. The van der Waals surface area contributed by atoms with Crippen LogP contribution in [0.5, 0.6) is 0 Å². The Hall–Kier alpha value is -9.19. The van der Waals surface area contributed by atoms with Gasteiger partial charge in [0, 0.05) is 50.6 Å². The number of hydrogen-bond donors (Lipinski definition) is 16. The number of nitrogens with one attached hydrogen (secondary N) is 8. The number of aromatic amines is 1. The molecule has 0 bridgehead atoms. The van der Waals surface area contributed by atoms with Gasteiger partial charge in [-0.3, -0.25) is 43.3 Å². The number of amides is 6. The Morgan fingerprint density at radius 3 is 1.19 bits per heavy atom. The lowest BCUT2D eigenvalue weighted by atomic mass is 9.91. The highest BCUT2D eigenvalue weighted by atomic mass is 16.4. The molecule has 0 aliphatic carbocycles. The van der Waals surface area contributed by atoms with E-state index in [-0.39, 0.29) is 23.0 Å². The molecule has 0 radical (unpaired) electrons. The number of aliphatic carboxylic acids is 7. The van der Waals surface area contributed by atoms with E-state index in [9.17, 15) is 97.8 Å². The van der Waals surface area contributed by atoms with Crippen molar-refractivity contribution in [3.05, 3.63) is 51.3 Å². The van der Waals surface area contributed by atoms with Crippen molar-refractivity contribution in [3.63, 3.8) is 0 Å². The first-order valence-corrected chi connectivity index (χ1v) is 23.8. The van der Waals surface area contributed by atoms with E-state index < -0.39 is 191 Å². The molecule has 2 heterocycles. The molecule has 0 spiro atoms. The largest absolute Gasteiger partial charge is 0.481 e. The van der Waals surface area contributed by atoms with E-state index in [0.29, 0.717) is 37.2 Å². The maximum Gasteiger partial charge on any atom is 0.326 e. The average Bonchev–Trinajstić information content (AvgIpc) is 3.35. The molecule has 1 aromatic carbocycles.